The fraction of sp³-hybridized carbons (Fsp3) is 0.455. The van der Waals surface area contributed by atoms with Crippen LogP contribution in [0.25, 0.3) is 0 Å². The summed E-state index contributed by atoms with van der Waals surface area (Å²) in [4.78, 5) is 0. The predicted octanol–water partition coefficient (Wildman–Crippen LogP) is 0.780. The van der Waals surface area contributed by atoms with Gasteiger partial charge < -0.3 is 15.3 Å². The Morgan fingerprint density at radius 2 is 1.29 bits per heavy atom. The van der Waals surface area contributed by atoms with Crippen LogP contribution in [-0.4, -0.2) is 15.3 Å². The Labute approximate surface area is 83.6 Å². The van der Waals surface area contributed by atoms with Crippen LogP contribution < -0.4 is 0 Å². The highest BCUT2D eigenvalue weighted by Gasteiger charge is 2.10. The summed E-state index contributed by atoms with van der Waals surface area (Å²) in [6.07, 6.45) is 0. The first-order valence-electron chi connectivity index (χ1n) is 4.59. The van der Waals surface area contributed by atoms with Crippen molar-refractivity contribution in [3.05, 3.63) is 33.9 Å². The Hall–Kier alpha value is -0.900. The molecule has 0 aliphatic heterocycles. The van der Waals surface area contributed by atoms with E-state index < -0.39 is 0 Å². The topological polar surface area (TPSA) is 60.7 Å². The van der Waals surface area contributed by atoms with Gasteiger partial charge in [0, 0.05) is 0 Å². The van der Waals surface area contributed by atoms with E-state index >= 15 is 0 Å². The molecule has 1 aromatic rings. The van der Waals surface area contributed by atoms with Gasteiger partial charge in [-0.2, -0.15) is 0 Å². The average Bonchev–Trinajstić information content (AvgIpc) is 2.19. The summed E-state index contributed by atoms with van der Waals surface area (Å²) in [6.45, 7) is 3.55. The smallest absolute Gasteiger partial charge is 0.0687 e. The Morgan fingerprint density at radius 1 is 0.857 bits per heavy atom. The van der Waals surface area contributed by atoms with Crippen molar-refractivity contribution in [3.63, 3.8) is 0 Å². The molecule has 3 heteroatoms. The van der Waals surface area contributed by atoms with Gasteiger partial charge in [-0.3, -0.25) is 0 Å². The van der Waals surface area contributed by atoms with Gasteiger partial charge in [-0.25, -0.2) is 0 Å². The molecular weight excluding hydrogens is 180 g/mol. The van der Waals surface area contributed by atoms with Crippen molar-refractivity contribution in [2.24, 2.45) is 0 Å². The molecule has 0 atom stereocenters. The fourth-order valence-corrected chi connectivity index (χ4v) is 1.66. The summed E-state index contributed by atoms with van der Waals surface area (Å²) in [5.41, 5.74) is 4.16. The van der Waals surface area contributed by atoms with Gasteiger partial charge in [0.2, 0.25) is 0 Å². The van der Waals surface area contributed by atoms with Crippen LogP contribution in [0.4, 0.5) is 0 Å². The molecule has 14 heavy (non-hydrogen) atoms. The number of benzene rings is 1. The van der Waals surface area contributed by atoms with Crippen LogP contribution in [-0.2, 0) is 19.8 Å². The Balaban J connectivity index is 3.39. The molecule has 3 N–H and O–H groups in total. The molecule has 0 unspecified atom stereocenters. The molecule has 0 amide bonds. The first-order valence-corrected chi connectivity index (χ1v) is 4.59. The van der Waals surface area contributed by atoms with Gasteiger partial charge in [0.1, 0.15) is 0 Å². The minimum Gasteiger partial charge on any atom is -0.392 e. The van der Waals surface area contributed by atoms with E-state index in [1.165, 1.54) is 0 Å². The SMILES string of the molecule is Cc1c(CO)cc(CO)c(C)c1CO. The quantitative estimate of drug-likeness (QED) is 0.669. The van der Waals surface area contributed by atoms with Crippen molar-refractivity contribution in [2.75, 3.05) is 0 Å². The van der Waals surface area contributed by atoms with Crippen LogP contribution in [0, 0.1) is 13.8 Å². The Bertz CT molecular complexity index is 304. The van der Waals surface area contributed by atoms with E-state index in [1.807, 2.05) is 13.8 Å². The second kappa shape index (κ2) is 4.55. The molecule has 0 aromatic heterocycles. The van der Waals surface area contributed by atoms with Crippen molar-refractivity contribution < 1.29 is 15.3 Å². The first kappa shape index (κ1) is 11.2. The fourth-order valence-electron chi connectivity index (χ4n) is 1.66. The van der Waals surface area contributed by atoms with Crippen LogP contribution in [0.3, 0.4) is 0 Å². The maximum Gasteiger partial charge on any atom is 0.0687 e. The molecule has 78 valence electrons. The molecule has 1 aromatic carbocycles. The third-order valence-corrected chi connectivity index (χ3v) is 2.72. The highest BCUT2D eigenvalue weighted by molar-refractivity contribution is 5.44. The summed E-state index contributed by atoms with van der Waals surface area (Å²) in [5.74, 6) is 0. The van der Waals surface area contributed by atoms with Crippen LogP contribution in [0.15, 0.2) is 6.07 Å². The van der Waals surface area contributed by atoms with E-state index in [2.05, 4.69) is 0 Å². The van der Waals surface area contributed by atoms with Crippen molar-refractivity contribution in [3.8, 4) is 0 Å². The molecule has 0 bridgehead atoms. The van der Waals surface area contributed by atoms with Crippen molar-refractivity contribution in [1.82, 2.24) is 0 Å². The second-order valence-corrected chi connectivity index (χ2v) is 3.40. The molecule has 1 rings (SSSR count). The summed E-state index contributed by atoms with van der Waals surface area (Å²) >= 11 is 0. The minimum absolute atomic E-state index is 0.0570. The molecule has 0 saturated carbocycles. The standard InChI is InChI=1S/C11H16O3/c1-7-9(4-12)3-10(5-13)8(2)11(7)6-14/h3,12-14H,4-6H2,1-2H3. The predicted molar refractivity (Wildman–Crippen MR) is 53.7 cm³/mol. The van der Waals surface area contributed by atoms with Crippen LogP contribution in [0.1, 0.15) is 27.8 Å². The third kappa shape index (κ3) is 1.80. The summed E-state index contributed by atoms with van der Waals surface area (Å²) < 4.78 is 0. The number of aliphatic hydroxyl groups excluding tert-OH is 3. The zero-order valence-electron chi connectivity index (χ0n) is 8.54. The highest BCUT2D eigenvalue weighted by atomic mass is 16.3. The molecule has 0 aliphatic carbocycles. The maximum atomic E-state index is 9.18. The van der Waals surface area contributed by atoms with E-state index in [0.29, 0.717) is 0 Å². The summed E-state index contributed by atoms with van der Waals surface area (Å²) in [6, 6.07) is 1.78. The van der Waals surface area contributed by atoms with Crippen molar-refractivity contribution >= 4 is 0 Å². The maximum absolute atomic E-state index is 9.18. The van der Waals surface area contributed by atoms with Crippen LogP contribution >= 0.6 is 0 Å². The summed E-state index contributed by atoms with van der Waals surface area (Å²) in [7, 11) is 0. The van der Waals surface area contributed by atoms with E-state index in [0.717, 1.165) is 27.8 Å². The number of hydrogen-bond donors (Lipinski definition) is 3. The molecule has 0 heterocycles. The number of rotatable bonds is 3. The number of hydrogen-bond acceptors (Lipinski definition) is 3. The van der Waals surface area contributed by atoms with Crippen LogP contribution in [0.2, 0.25) is 0 Å². The van der Waals surface area contributed by atoms with Gasteiger partial charge in [-0.15, -0.1) is 0 Å². The lowest BCUT2D eigenvalue weighted by molar-refractivity contribution is 0.266. The van der Waals surface area contributed by atoms with Crippen molar-refractivity contribution in [2.45, 2.75) is 33.7 Å². The highest BCUT2D eigenvalue weighted by Crippen LogP contribution is 2.22. The summed E-state index contributed by atoms with van der Waals surface area (Å²) in [5, 5.41) is 27.3. The van der Waals surface area contributed by atoms with E-state index in [9.17, 15) is 5.11 Å². The third-order valence-electron chi connectivity index (χ3n) is 2.72. The molecule has 0 radical (unpaired) electrons. The zero-order chi connectivity index (χ0) is 10.7. The molecule has 0 fully saturated rings. The lowest BCUT2D eigenvalue weighted by Gasteiger charge is -2.14. The zero-order valence-corrected chi connectivity index (χ0v) is 8.54. The lowest BCUT2D eigenvalue weighted by atomic mass is 9.94. The minimum atomic E-state index is -0.0634. The molecule has 0 saturated heterocycles. The van der Waals surface area contributed by atoms with Crippen molar-refractivity contribution in [1.29, 1.82) is 0 Å². The monoisotopic (exact) mass is 196 g/mol. The molecular formula is C11H16O3. The lowest BCUT2D eigenvalue weighted by Crippen LogP contribution is -2.03. The Morgan fingerprint density at radius 3 is 1.57 bits per heavy atom. The van der Waals surface area contributed by atoms with Gasteiger partial charge in [0.25, 0.3) is 0 Å². The molecule has 0 spiro atoms. The van der Waals surface area contributed by atoms with Gasteiger partial charge in [0.05, 0.1) is 19.8 Å². The van der Waals surface area contributed by atoms with E-state index in [4.69, 9.17) is 10.2 Å². The van der Waals surface area contributed by atoms with Gasteiger partial charge in [-0.05, 0) is 41.7 Å². The van der Waals surface area contributed by atoms with Gasteiger partial charge >= 0.3 is 0 Å². The molecule has 3 nitrogen and oxygen atoms in total. The van der Waals surface area contributed by atoms with Gasteiger partial charge in [0.15, 0.2) is 0 Å². The molecule has 0 aliphatic rings. The van der Waals surface area contributed by atoms with E-state index in [1.54, 1.807) is 6.07 Å². The first-order chi connectivity index (χ1) is 6.65. The van der Waals surface area contributed by atoms with Gasteiger partial charge in [-0.1, -0.05) is 6.07 Å². The normalized spacial score (nSPS) is 10.6. The number of aliphatic hydroxyl groups is 3. The van der Waals surface area contributed by atoms with Crippen LogP contribution in [0.5, 0.6) is 0 Å². The largest absolute Gasteiger partial charge is 0.392 e. The Kier molecular flexibility index (Phi) is 3.63. The second-order valence-electron chi connectivity index (χ2n) is 3.40. The average molecular weight is 196 g/mol. The van der Waals surface area contributed by atoms with E-state index in [-0.39, 0.29) is 19.8 Å².